The second kappa shape index (κ2) is 7.29. The summed E-state index contributed by atoms with van der Waals surface area (Å²) in [7, 11) is 0. The number of hydrogen-bond donors (Lipinski definition) is 2. The van der Waals surface area contributed by atoms with E-state index < -0.39 is 0 Å². The van der Waals surface area contributed by atoms with Gasteiger partial charge in [0.1, 0.15) is 11.3 Å². The second-order valence-electron chi connectivity index (χ2n) is 6.20. The van der Waals surface area contributed by atoms with Gasteiger partial charge in [-0.3, -0.25) is 9.79 Å². The molecule has 2 aromatic heterocycles. The monoisotopic (exact) mass is 358 g/mol. The highest BCUT2D eigenvalue weighted by Gasteiger charge is 2.15. The van der Waals surface area contributed by atoms with E-state index in [0.29, 0.717) is 24.0 Å². The summed E-state index contributed by atoms with van der Waals surface area (Å²) in [6, 6.07) is 17.1. The molecule has 0 unspecified atom stereocenters. The van der Waals surface area contributed by atoms with E-state index in [1.54, 1.807) is 23.2 Å². The maximum Gasteiger partial charge on any atom is 0.263 e. The van der Waals surface area contributed by atoms with Crippen LogP contribution in [0.1, 0.15) is 16.8 Å². The van der Waals surface area contributed by atoms with Gasteiger partial charge >= 0.3 is 0 Å². The molecule has 0 aliphatic rings. The Labute approximate surface area is 155 Å². The molecular formula is C21H18N4O2. The van der Waals surface area contributed by atoms with Crippen LogP contribution in [0.25, 0.3) is 10.9 Å². The van der Waals surface area contributed by atoms with E-state index >= 15 is 0 Å². The predicted octanol–water partition coefficient (Wildman–Crippen LogP) is 3.10. The normalized spacial score (nSPS) is 11.4. The van der Waals surface area contributed by atoms with Crippen molar-refractivity contribution in [1.29, 1.82) is 0 Å². The minimum absolute atomic E-state index is 0.0479. The summed E-state index contributed by atoms with van der Waals surface area (Å²) in [6.45, 7) is 0.770. The number of fused-ring (bicyclic) bond motifs is 1. The van der Waals surface area contributed by atoms with Crippen LogP contribution in [0.4, 0.5) is 0 Å². The zero-order valence-electron chi connectivity index (χ0n) is 14.5. The molecule has 27 heavy (non-hydrogen) atoms. The van der Waals surface area contributed by atoms with Crippen molar-refractivity contribution >= 4 is 17.1 Å². The minimum atomic E-state index is -0.275. The lowest BCUT2D eigenvalue weighted by Gasteiger charge is -2.13. The first-order valence-electron chi connectivity index (χ1n) is 8.59. The molecule has 0 spiro atoms. The van der Waals surface area contributed by atoms with Gasteiger partial charge in [0.2, 0.25) is 0 Å². The average molecular weight is 358 g/mol. The molecule has 0 saturated carbocycles. The summed E-state index contributed by atoms with van der Waals surface area (Å²) in [5.41, 5.74) is 2.44. The third-order valence-corrected chi connectivity index (χ3v) is 4.40. The van der Waals surface area contributed by atoms with E-state index in [2.05, 4.69) is 15.0 Å². The molecule has 0 atom stereocenters. The topological polar surface area (TPSA) is 83.3 Å². The number of aromatic amines is 1. The molecule has 4 rings (SSSR count). The zero-order chi connectivity index (χ0) is 18.6. The standard InChI is InChI=1S/C21H18N4O2/c26-20-17-8-4-5-9-19(17)25(13-15-6-2-1-3-7-15)21(27)18(20)12-22-10-16-11-23-14-24-16/h1-9,11-12,14,26H,10,13H2,(H,23,24). The highest BCUT2D eigenvalue weighted by Crippen LogP contribution is 2.25. The van der Waals surface area contributed by atoms with E-state index in [1.807, 2.05) is 48.5 Å². The molecule has 134 valence electrons. The third kappa shape index (κ3) is 3.37. The van der Waals surface area contributed by atoms with Gasteiger partial charge in [-0.25, -0.2) is 4.98 Å². The number of imidazole rings is 1. The number of aromatic hydroxyl groups is 1. The van der Waals surface area contributed by atoms with Crippen LogP contribution < -0.4 is 5.56 Å². The van der Waals surface area contributed by atoms with Crippen LogP contribution in [0.15, 0.2) is 76.9 Å². The Bertz CT molecular complexity index is 1150. The number of aromatic nitrogens is 3. The number of pyridine rings is 1. The number of nitrogens with zero attached hydrogens (tertiary/aromatic N) is 3. The summed E-state index contributed by atoms with van der Waals surface area (Å²) in [4.78, 5) is 24.3. The van der Waals surface area contributed by atoms with Crippen molar-refractivity contribution < 1.29 is 5.11 Å². The van der Waals surface area contributed by atoms with E-state index in [0.717, 1.165) is 11.3 Å². The SMILES string of the molecule is O=c1c(C=NCc2cnc[nH]2)c(O)c2ccccc2n1Cc1ccccc1. The number of H-pyrrole nitrogens is 1. The molecule has 0 aliphatic carbocycles. The molecule has 2 heterocycles. The first kappa shape index (κ1) is 16.8. The Morgan fingerprint density at radius 3 is 2.67 bits per heavy atom. The fourth-order valence-corrected chi connectivity index (χ4v) is 3.06. The molecule has 6 heteroatoms. The molecule has 0 aliphatic heterocycles. The molecule has 0 fully saturated rings. The first-order valence-corrected chi connectivity index (χ1v) is 8.59. The number of rotatable bonds is 5. The fourth-order valence-electron chi connectivity index (χ4n) is 3.06. The third-order valence-electron chi connectivity index (χ3n) is 4.40. The van der Waals surface area contributed by atoms with Crippen LogP contribution in [0.3, 0.4) is 0 Å². The molecular weight excluding hydrogens is 340 g/mol. The molecule has 4 aromatic rings. The van der Waals surface area contributed by atoms with Crippen LogP contribution in [0.2, 0.25) is 0 Å². The van der Waals surface area contributed by atoms with Gasteiger partial charge < -0.3 is 14.7 Å². The quantitative estimate of drug-likeness (QED) is 0.538. The van der Waals surface area contributed by atoms with Crippen LogP contribution in [0, 0.1) is 0 Å². The van der Waals surface area contributed by atoms with Crippen molar-refractivity contribution in [2.45, 2.75) is 13.1 Å². The highest BCUT2D eigenvalue weighted by molar-refractivity contribution is 5.95. The molecule has 0 bridgehead atoms. The Morgan fingerprint density at radius 1 is 1.11 bits per heavy atom. The van der Waals surface area contributed by atoms with Crippen molar-refractivity contribution in [3.8, 4) is 5.75 Å². The van der Waals surface area contributed by atoms with Crippen LogP contribution in [-0.4, -0.2) is 25.9 Å². The largest absolute Gasteiger partial charge is 0.506 e. The van der Waals surface area contributed by atoms with Crippen molar-refractivity contribution in [2.75, 3.05) is 0 Å². The van der Waals surface area contributed by atoms with E-state index in [9.17, 15) is 9.90 Å². The average Bonchev–Trinajstić information content (AvgIpc) is 3.22. The van der Waals surface area contributed by atoms with Gasteiger partial charge in [-0.15, -0.1) is 0 Å². The number of nitrogens with one attached hydrogen (secondary N) is 1. The Balaban J connectivity index is 1.81. The van der Waals surface area contributed by atoms with Crippen LogP contribution >= 0.6 is 0 Å². The van der Waals surface area contributed by atoms with Crippen molar-refractivity contribution in [1.82, 2.24) is 14.5 Å². The summed E-state index contributed by atoms with van der Waals surface area (Å²) >= 11 is 0. The van der Waals surface area contributed by atoms with Gasteiger partial charge in [0.25, 0.3) is 5.56 Å². The lowest BCUT2D eigenvalue weighted by molar-refractivity contribution is 0.478. The molecule has 2 aromatic carbocycles. The summed E-state index contributed by atoms with van der Waals surface area (Å²) in [5.74, 6) is -0.0479. The van der Waals surface area contributed by atoms with Gasteiger partial charge in [0.05, 0.1) is 30.6 Å². The highest BCUT2D eigenvalue weighted by atomic mass is 16.3. The van der Waals surface area contributed by atoms with Crippen LogP contribution in [-0.2, 0) is 13.1 Å². The Morgan fingerprint density at radius 2 is 1.89 bits per heavy atom. The number of hydrogen-bond acceptors (Lipinski definition) is 4. The predicted molar refractivity (Wildman–Crippen MR) is 105 cm³/mol. The Hall–Kier alpha value is -3.67. The van der Waals surface area contributed by atoms with Gasteiger partial charge in [0.15, 0.2) is 0 Å². The fraction of sp³-hybridized carbons (Fsp3) is 0.0952. The minimum Gasteiger partial charge on any atom is -0.506 e. The number of aliphatic imine (C=N–C) groups is 1. The van der Waals surface area contributed by atoms with Gasteiger partial charge in [-0.1, -0.05) is 42.5 Å². The van der Waals surface area contributed by atoms with Crippen molar-refractivity contribution in [3.05, 3.63) is 94.3 Å². The smallest absolute Gasteiger partial charge is 0.263 e. The maximum atomic E-state index is 13.1. The van der Waals surface area contributed by atoms with E-state index in [1.165, 1.54) is 6.21 Å². The summed E-state index contributed by atoms with van der Waals surface area (Å²) in [6.07, 6.45) is 4.68. The lowest BCUT2D eigenvalue weighted by Crippen LogP contribution is -2.25. The van der Waals surface area contributed by atoms with Crippen molar-refractivity contribution in [2.24, 2.45) is 4.99 Å². The van der Waals surface area contributed by atoms with Gasteiger partial charge in [-0.2, -0.15) is 0 Å². The van der Waals surface area contributed by atoms with E-state index in [-0.39, 0.29) is 16.9 Å². The molecule has 0 radical (unpaired) electrons. The number of benzene rings is 2. The maximum absolute atomic E-state index is 13.1. The van der Waals surface area contributed by atoms with Gasteiger partial charge in [0, 0.05) is 17.8 Å². The molecule has 6 nitrogen and oxygen atoms in total. The summed E-state index contributed by atoms with van der Waals surface area (Å²) in [5, 5.41) is 11.3. The number of para-hydroxylation sites is 1. The van der Waals surface area contributed by atoms with Gasteiger partial charge in [-0.05, 0) is 17.7 Å². The molecule has 2 N–H and O–H groups in total. The first-order chi connectivity index (χ1) is 13.2. The van der Waals surface area contributed by atoms with Crippen molar-refractivity contribution in [3.63, 3.8) is 0 Å². The molecule has 0 amide bonds. The zero-order valence-corrected chi connectivity index (χ0v) is 14.5. The Kier molecular flexibility index (Phi) is 4.53. The van der Waals surface area contributed by atoms with Crippen LogP contribution in [0.5, 0.6) is 5.75 Å². The lowest BCUT2D eigenvalue weighted by atomic mass is 10.1. The summed E-state index contributed by atoms with van der Waals surface area (Å²) < 4.78 is 1.67. The molecule has 0 saturated heterocycles. The second-order valence-corrected chi connectivity index (χ2v) is 6.20. The van der Waals surface area contributed by atoms with E-state index in [4.69, 9.17) is 0 Å².